The molecule has 5 heteroatoms. The number of rotatable bonds is 10. The third-order valence-electron chi connectivity index (χ3n) is 2.51. The molecule has 0 aliphatic carbocycles. The van der Waals surface area contributed by atoms with Crippen molar-refractivity contribution in [2.75, 3.05) is 26.4 Å². The maximum absolute atomic E-state index is 9.43. The molecule has 0 saturated heterocycles. The first-order valence-corrected chi connectivity index (χ1v) is 7.11. The lowest BCUT2D eigenvalue weighted by atomic mass is 10.3. The van der Waals surface area contributed by atoms with Crippen LogP contribution in [0, 0.1) is 0 Å². The fraction of sp³-hybridized carbons (Fsp3) is 0.600. The number of nitrogens with two attached hydrogens (primary N) is 1. The minimum absolute atomic E-state index is 0.154. The first-order chi connectivity index (χ1) is 9.69. The van der Waals surface area contributed by atoms with Gasteiger partial charge in [0.05, 0.1) is 13.2 Å². The van der Waals surface area contributed by atoms with Gasteiger partial charge in [0.15, 0.2) is 0 Å². The Balaban J connectivity index is 2.73. The molecule has 0 saturated carbocycles. The first kappa shape index (κ1) is 16.6. The molecule has 0 heterocycles. The van der Waals surface area contributed by atoms with E-state index in [-0.39, 0.29) is 13.2 Å². The molecule has 0 fully saturated rings. The molecular weight excluding hydrogens is 258 g/mol. The standard InChI is InChI=1S/C15H25NO4/c1-3-5-18-13-7-14(19-6-4-2)9-15(8-13)20-11-12(17)10-16/h7-9,12,17H,3-6,10-11,16H2,1-2H3. The second-order valence-corrected chi connectivity index (χ2v) is 4.54. The number of aliphatic hydroxyl groups is 1. The van der Waals surface area contributed by atoms with Crippen molar-refractivity contribution in [1.82, 2.24) is 0 Å². The molecule has 1 aromatic carbocycles. The fourth-order valence-electron chi connectivity index (χ4n) is 1.50. The van der Waals surface area contributed by atoms with Gasteiger partial charge in [0.2, 0.25) is 0 Å². The zero-order valence-corrected chi connectivity index (χ0v) is 12.3. The van der Waals surface area contributed by atoms with E-state index in [1.807, 2.05) is 19.9 Å². The normalized spacial score (nSPS) is 12.0. The van der Waals surface area contributed by atoms with Crippen LogP contribution in [-0.2, 0) is 0 Å². The van der Waals surface area contributed by atoms with Gasteiger partial charge in [-0.2, -0.15) is 0 Å². The minimum atomic E-state index is -0.671. The van der Waals surface area contributed by atoms with Gasteiger partial charge in [-0.25, -0.2) is 0 Å². The van der Waals surface area contributed by atoms with Crippen LogP contribution in [0.25, 0.3) is 0 Å². The topological polar surface area (TPSA) is 73.9 Å². The van der Waals surface area contributed by atoms with Crippen LogP contribution in [-0.4, -0.2) is 37.6 Å². The predicted molar refractivity (Wildman–Crippen MR) is 78.6 cm³/mol. The van der Waals surface area contributed by atoms with Crippen molar-refractivity contribution >= 4 is 0 Å². The first-order valence-electron chi connectivity index (χ1n) is 7.11. The maximum Gasteiger partial charge on any atom is 0.126 e. The van der Waals surface area contributed by atoms with Crippen LogP contribution >= 0.6 is 0 Å². The van der Waals surface area contributed by atoms with Crippen molar-refractivity contribution in [1.29, 1.82) is 0 Å². The Labute approximate surface area is 120 Å². The Bertz CT molecular complexity index is 358. The lowest BCUT2D eigenvalue weighted by Gasteiger charge is -2.14. The van der Waals surface area contributed by atoms with Gasteiger partial charge < -0.3 is 25.1 Å². The zero-order valence-electron chi connectivity index (χ0n) is 12.3. The Morgan fingerprint density at radius 2 is 1.40 bits per heavy atom. The molecule has 0 aliphatic heterocycles. The second-order valence-electron chi connectivity index (χ2n) is 4.54. The molecule has 114 valence electrons. The Morgan fingerprint density at radius 3 is 1.80 bits per heavy atom. The number of benzene rings is 1. The third kappa shape index (κ3) is 6.12. The molecule has 0 bridgehead atoms. The fourth-order valence-corrected chi connectivity index (χ4v) is 1.50. The molecule has 1 atom stereocenters. The molecule has 0 spiro atoms. The van der Waals surface area contributed by atoms with Crippen LogP contribution in [0.3, 0.4) is 0 Å². The largest absolute Gasteiger partial charge is 0.493 e. The van der Waals surface area contributed by atoms with E-state index in [9.17, 15) is 5.11 Å². The SMILES string of the molecule is CCCOc1cc(OCCC)cc(OCC(O)CN)c1. The molecule has 0 aromatic heterocycles. The van der Waals surface area contributed by atoms with Gasteiger partial charge >= 0.3 is 0 Å². The van der Waals surface area contributed by atoms with Crippen molar-refractivity contribution in [2.45, 2.75) is 32.8 Å². The molecule has 0 aliphatic rings. The van der Waals surface area contributed by atoms with Crippen LogP contribution in [0.2, 0.25) is 0 Å². The van der Waals surface area contributed by atoms with Crippen molar-refractivity contribution in [3.8, 4) is 17.2 Å². The van der Waals surface area contributed by atoms with Crippen LogP contribution in [0.1, 0.15) is 26.7 Å². The number of ether oxygens (including phenoxy) is 3. The summed E-state index contributed by atoms with van der Waals surface area (Å²) in [5.74, 6) is 2.02. The lowest BCUT2D eigenvalue weighted by Crippen LogP contribution is -2.26. The summed E-state index contributed by atoms with van der Waals surface area (Å²) in [5, 5.41) is 9.43. The van der Waals surface area contributed by atoms with Crippen LogP contribution in [0.5, 0.6) is 17.2 Å². The van der Waals surface area contributed by atoms with Crippen molar-refractivity contribution in [2.24, 2.45) is 5.73 Å². The van der Waals surface area contributed by atoms with E-state index in [0.717, 1.165) is 12.8 Å². The second kappa shape index (κ2) is 9.44. The molecule has 5 nitrogen and oxygen atoms in total. The average Bonchev–Trinajstić information content (AvgIpc) is 2.48. The van der Waals surface area contributed by atoms with Gasteiger partial charge in [-0.1, -0.05) is 13.8 Å². The summed E-state index contributed by atoms with van der Waals surface area (Å²) in [5.41, 5.74) is 5.35. The number of hydrogen-bond donors (Lipinski definition) is 2. The van der Waals surface area contributed by atoms with Gasteiger partial charge in [0, 0.05) is 24.7 Å². The highest BCUT2D eigenvalue weighted by Gasteiger charge is 2.07. The summed E-state index contributed by atoms with van der Waals surface area (Å²) in [6.45, 7) is 5.70. The van der Waals surface area contributed by atoms with E-state index < -0.39 is 6.10 Å². The summed E-state index contributed by atoms with van der Waals surface area (Å²) in [7, 11) is 0. The Morgan fingerprint density at radius 1 is 0.950 bits per heavy atom. The quantitative estimate of drug-likeness (QED) is 0.686. The van der Waals surface area contributed by atoms with Gasteiger partial charge in [-0.3, -0.25) is 0 Å². The summed E-state index contributed by atoms with van der Waals surface area (Å²) in [4.78, 5) is 0. The smallest absolute Gasteiger partial charge is 0.126 e. The lowest BCUT2D eigenvalue weighted by molar-refractivity contribution is 0.113. The Hall–Kier alpha value is -1.46. The maximum atomic E-state index is 9.43. The molecular formula is C15H25NO4. The number of hydrogen-bond acceptors (Lipinski definition) is 5. The Kier molecular flexibility index (Phi) is 7.84. The predicted octanol–water partition coefficient (Wildman–Crippen LogP) is 1.96. The van der Waals surface area contributed by atoms with Crippen LogP contribution in [0.4, 0.5) is 0 Å². The van der Waals surface area contributed by atoms with E-state index >= 15 is 0 Å². The highest BCUT2D eigenvalue weighted by Crippen LogP contribution is 2.28. The van der Waals surface area contributed by atoms with Crippen molar-refractivity contribution < 1.29 is 19.3 Å². The van der Waals surface area contributed by atoms with E-state index in [0.29, 0.717) is 30.5 Å². The molecule has 20 heavy (non-hydrogen) atoms. The van der Waals surface area contributed by atoms with E-state index in [2.05, 4.69) is 0 Å². The van der Waals surface area contributed by atoms with E-state index in [1.54, 1.807) is 12.1 Å². The van der Waals surface area contributed by atoms with Gasteiger partial charge in [0.1, 0.15) is 30.0 Å². The van der Waals surface area contributed by atoms with Crippen molar-refractivity contribution in [3.05, 3.63) is 18.2 Å². The van der Waals surface area contributed by atoms with Crippen LogP contribution in [0.15, 0.2) is 18.2 Å². The third-order valence-corrected chi connectivity index (χ3v) is 2.51. The highest BCUT2D eigenvalue weighted by atomic mass is 16.5. The molecule has 3 N–H and O–H groups in total. The summed E-state index contributed by atoms with van der Waals surface area (Å²) >= 11 is 0. The highest BCUT2D eigenvalue weighted by molar-refractivity contribution is 5.42. The molecule has 1 aromatic rings. The molecule has 1 unspecified atom stereocenters. The van der Waals surface area contributed by atoms with Gasteiger partial charge in [-0.15, -0.1) is 0 Å². The molecule has 0 radical (unpaired) electrons. The van der Waals surface area contributed by atoms with Gasteiger partial charge in [-0.05, 0) is 12.8 Å². The van der Waals surface area contributed by atoms with E-state index in [4.69, 9.17) is 19.9 Å². The molecule has 1 rings (SSSR count). The molecule has 0 amide bonds. The van der Waals surface area contributed by atoms with E-state index in [1.165, 1.54) is 0 Å². The minimum Gasteiger partial charge on any atom is -0.493 e. The summed E-state index contributed by atoms with van der Waals surface area (Å²) < 4.78 is 16.7. The van der Waals surface area contributed by atoms with Crippen molar-refractivity contribution in [3.63, 3.8) is 0 Å². The summed E-state index contributed by atoms with van der Waals surface area (Å²) in [6, 6.07) is 5.42. The summed E-state index contributed by atoms with van der Waals surface area (Å²) in [6.07, 6.45) is 1.19. The average molecular weight is 283 g/mol. The number of aliphatic hydroxyl groups excluding tert-OH is 1. The van der Waals surface area contributed by atoms with Crippen LogP contribution < -0.4 is 19.9 Å². The van der Waals surface area contributed by atoms with Gasteiger partial charge in [0.25, 0.3) is 0 Å². The monoisotopic (exact) mass is 283 g/mol. The zero-order chi connectivity index (χ0) is 14.8.